The summed E-state index contributed by atoms with van der Waals surface area (Å²) in [7, 11) is 0. The molecular formula is C16H17FO3. The van der Waals surface area contributed by atoms with Crippen molar-refractivity contribution >= 4 is 0 Å². The van der Waals surface area contributed by atoms with Gasteiger partial charge in [0.25, 0.3) is 0 Å². The molecule has 0 saturated heterocycles. The van der Waals surface area contributed by atoms with Crippen LogP contribution in [0.15, 0.2) is 48.5 Å². The van der Waals surface area contributed by atoms with Crippen LogP contribution in [0.4, 0.5) is 4.39 Å². The molecule has 0 fully saturated rings. The molecule has 106 valence electrons. The third-order valence-corrected chi connectivity index (χ3v) is 2.55. The van der Waals surface area contributed by atoms with Gasteiger partial charge in [-0.2, -0.15) is 0 Å². The highest BCUT2D eigenvalue weighted by atomic mass is 19.1. The standard InChI is InChI=1S/C16H17FO3/c1-2-18-15-4-3-5-16(12-15)20-11-10-19-14-8-6-13(17)7-9-14/h3-9,12H,2,10-11H2,1H3. The van der Waals surface area contributed by atoms with Gasteiger partial charge in [0.05, 0.1) is 6.61 Å². The lowest BCUT2D eigenvalue weighted by molar-refractivity contribution is 0.216. The molecule has 0 aliphatic carbocycles. The Bertz CT molecular complexity index is 526. The Kier molecular flexibility index (Phi) is 5.24. The molecule has 2 aromatic carbocycles. The van der Waals surface area contributed by atoms with E-state index in [1.54, 1.807) is 12.1 Å². The molecule has 0 aliphatic heterocycles. The second-order valence-electron chi connectivity index (χ2n) is 4.06. The summed E-state index contributed by atoms with van der Waals surface area (Å²) in [5.41, 5.74) is 0. The summed E-state index contributed by atoms with van der Waals surface area (Å²) in [4.78, 5) is 0. The summed E-state index contributed by atoms with van der Waals surface area (Å²) in [6.07, 6.45) is 0. The van der Waals surface area contributed by atoms with Gasteiger partial charge in [0.1, 0.15) is 36.3 Å². The maximum Gasteiger partial charge on any atom is 0.123 e. The Morgan fingerprint density at radius 2 is 1.40 bits per heavy atom. The molecule has 0 radical (unpaired) electrons. The van der Waals surface area contributed by atoms with Crippen molar-refractivity contribution in [2.45, 2.75) is 6.92 Å². The van der Waals surface area contributed by atoms with Gasteiger partial charge in [-0.15, -0.1) is 0 Å². The maximum absolute atomic E-state index is 12.7. The van der Waals surface area contributed by atoms with E-state index in [2.05, 4.69) is 0 Å². The predicted octanol–water partition coefficient (Wildman–Crippen LogP) is 3.68. The molecule has 3 nitrogen and oxygen atoms in total. The highest BCUT2D eigenvalue weighted by molar-refractivity contribution is 5.32. The van der Waals surface area contributed by atoms with Crippen LogP contribution in [0.3, 0.4) is 0 Å². The first-order valence-corrected chi connectivity index (χ1v) is 6.52. The Labute approximate surface area is 117 Å². The van der Waals surface area contributed by atoms with E-state index in [9.17, 15) is 4.39 Å². The smallest absolute Gasteiger partial charge is 0.123 e. The first-order valence-electron chi connectivity index (χ1n) is 6.52. The number of ether oxygens (including phenoxy) is 3. The molecular weight excluding hydrogens is 259 g/mol. The molecule has 0 aliphatic rings. The fraction of sp³-hybridized carbons (Fsp3) is 0.250. The predicted molar refractivity (Wildman–Crippen MR) is 75.0 cm³/mol. The number of hydrogen-bond donors (Lipinski definition) is 0. The zero-order valence-corrected chi connectivity index (χ0v) is 11.3. The van der Waals surface area contributed by atoms with Crippen molar-refractivity contribution in [3.05, 3.63) is 54.3 Å². The molecule has 0 unspecified atom stereocenters. The van der Waals surface area contributed by atoms with E-state index in [1.807, 2.05) is 31.2 Å². The SMILES string of the molecule is CCOc1cccc(OCCOc2ccc(F)cc2)c1. The van der Waals surface area contributed by atoms with Crippen LogP contribution in [0, 0.1) is 5.82 Å². The van der Waals surface area contributed by atoms with Gasteiger partial charge in [-0.05, 0) is 43.3 Å². The highest BCUT2D eigenvalue weighted by Gasteiger charge is 1.98. The average Bonchev–Trinajstić information content (AvgIpc) is 2.46. The van der Waals surface area contributed by atoms with E-state index in [1.165, 1.54) is 12.1 Å². The van der Waals surface area contributed by atoms with Gasteiger partial charge in [-0.3, -0.25) is 0 Å². The summed E-state index contributed by atoms with van der Waals surface area (Å²) in [5.74, 6) is 1.86. The zero-order chi connectivity index (χ0) is 14.2. The molecule has 0 atom stereocenters. The molecule has 0 bridgehead atoms. The molecule has 0 spiro atoms. The normalized spacial score (nSPS) is 10.1. The first-order chi connectivity index (χ1) is 9.78. The van der Waals surface area contributed by atoms with Crippen LogP contribution in [0.5, 0.6) is 17.2 Å². The molecule has 0 heterocycles. The molecule has 2 aromatic rings. The summed E-state index contributed by atoms with van der Waals surface area (Å²) in [6.45, 7) is 3.36. The van der Waals surface area contributed by atoms with Crippen molar-refractivity contribution in [1.82, 2.24) is 0 Å². The Hall–Kier alpha value is -2.23. The molecule has 20 heavy (non-hydrogen) atoms. The third-order valence-electron chi connectivity index (χ3n) is 2.55. The van der Waals surface area contributed by atoms with Gasteiger partial charge in [0.15, 0.2) is 0 Å². The van der Waals surface area contributed by atoms with Crippen molar-refractivity contribution < 1.29 is 18.6 Å². The number of halogens is 1. The quantitative estimate of drug-likeness (QED) is 0.722. The van der Waals surface area contributed by atoms with E-state index in [0.29, 0.717) is 25.6 Å². The molecule has 0 amide bonds. The molecule has 0 aromatic heterocycles. The summed E-state index contributed by atoms with van der Waals surface area (Å²) in [5, 5.41) is 0. The van der Waals surface area contributed by atoms with Crippen molar-refractivity contribution in [2.24, 2.45) is 0 Å². The Morgan fingerprint density at radius 1 is 0.800 bits per heavy atom. The highest BCUT2D eigenvalue weighted by Crippen LogP contribution is 2.19. The van der Waals surface area contributed by atoms with Crippen LogP contribution in [0.25, 0.3) is 0 Å². The molecule has 4 heteroatoms. The third kappa shape index (κ3) is 4.46. The lowest BCUT2D eigenvalue weighted by Gasteiger charge is -2.09. The van der Waals surface area contributed by atoms with Crippen LogP contribution < -0.4 is 14.2 Å². The average molecular weight is 276 g/mol. The van der Waals surface area contributed by atoms with Crippen molar-refractivity contribution in [1.29, 1.82) is 0 Å². The molecule has 0 N–H and O–H groups in total. The van der Waals surface area contributed by atoms with Crippen LogP contribution >= 0.6 is 0 Å². The Balaban J connectivity index is 1.75. The van der Waals surface area contributed by atoms with Gasteiger partial charge in [0.2, 0.25) is 0 Å². The molecule has 0 saturated carbocycles. The van der Waals surface area contributed by atoms with Gasteiger partial charge in [-0.1, -0.05) is 6.07 Å². The first kappa shape index (κ1) is 14.2. The second kappa shape index (κ2) is 7.38. The second-order valence-corrected chi connectivity index (χ2v) is 4.06. The monoisotopic (exact) mass is 276 g/mol. The fourth-order valence-electron chi connectivity index (χ4n) is 1.67. The van der Waals surface area contributed by atoms with Gasteiger partial charge in [0, 0.05) is 6.07 Å². The summed E-state index contributed by atoms with van der Waals surface area (Å²) in [6, 6.07) is 13.4. The van der Waals surface area contributed by atoms with E-state index >= 15 is 0 Å². The molecule has 2 rings (SSSR count). The van der Waals surface area contributed by atoms with E-state index in [0.717, 1.165) is 11.5 Å². The topological polar surface area (TPSA) is 27.7 Å². The fourth-order valence-corrected chi connectivity index (χ4v) is 1.67. The largest absolute Gasteiger partial charge is 0.494 e. The van der Waals surface area contributed by atoms with Crippen molar-refractivity contribution in [3.63, 3.8) is 0 Å². The summed E-state index contributed by atoms with van der Waals surface area (Å²) >= 11 is 0. The van der Waals surface area contributed by atoms with Gasteiger partial charge in [-0.25, -0.2) is 4.39 Å². The Morgan fingerprint density at radius 3 is 2.05 bits per heavy atom. The van der Waals surface area contributed by atoms with Crippen molar-refractivity contribution in [2.75, 3.05) is 19.8 Å². The van der Waals surface area contributed by atoms with Crippen LogP contribution in [-0.2, 0) is 0 Å². The van der Waals surface area contributed by atoms with E-state index in [4.69, 9.17) is 14.2 Å². The number of hydrogen-bond acceptors (Lipinski definition) is 3. The lowest BCUT2D eigenvalue weighted by atomic mass is 10.3. The van der Waals surface area contributed by atoms with E-state index < -0.39 is 0 Å². The maximum atomic E-state index is 12.7. The minimum atomic E-state index is -0.277. The van der Waals surface area contributed by atoms with Crippen LogP contribution in [0.1, 0.15) is 6.92 Å². The van der Waals surface area contributed by atoms with Gasteiger partial charge >= 0.3 is 0 Å². The number of benzene rings is 2. The van der Waals surface area contributed by atoms with E-state index in [-0.39, 0.29) is 5.82 Å². The van der Waals surface area contributed by atoms with Crippen LogP contribution in [0.2, 0.25) is 0 Å². The number of rotatable bonds is 7. The van der Waals surface area contributed by atoms with Gasteiger partial charge < -0.3 is 14.2 Å². The lowest BCUT2D eigenvalue weighted by Crippen LogP contribution is -2.09. The minimum Gasteiger partial charge on any atom is -0.494 e. The van der Waals surface area contributed by atoms with Crippen molar-refractivity contribution in [3.8, 4) is 17.2 Å². The summed E-state index contributed by atoms with van der Waals surface area (Å²) < 4.78 is 29.1. The van der Waals surface area contributed by atoms with Crippen LogP contribution in [-0.4, -0.2) is 19.8 Å². The zero-order valence-electron chi connectivity index (χ0n) is 11.3. The minimum absolute atomic E-state index is 0.277.